The Morgan fingerprint density at radius 3 is 2.16 bits per heavy atom. The van der Waals surface area contributed by atoms with E-state index in [1.54, 1.807) is 7.11 Å². The number of ether oxygens (including phenoxy) is 1. The minimum atomic E-state index is -0.671. The first-order valence-corrected chi connectivity index (χ1v) is 10.8. The van der Waals surface area contributed by atoms with Gasteiger partial charge >= 0.3 is 0 Å². The third-order valence-electron chi connectivity index (χ3n) is 4.84. The predicted octanol–water partition coefficient (Wildman–Crippen LogP) is 4.04. The average Bonchev–Trinajstić information content (AvgIpc) is 2.79. The molecule has 3 rings (SSSR count). The molecule has 6 heteroatoms. The van der Waals surface area contributed by atoms with Crippen molar-refractivity contribution in [2.75, 3.05) is 7.11 Å². The number of amides is 2. The Hall–Kier alpha value is -3.12. The Labute approximate surface area is 191 Å². The van der Waals surface area contributed by atoms with Crippen LogP contribution in [0.4, 0.5) is 0 Å². The molecule has 2 amide bonds. The molecule has 3 aromatic rings. The zero-order valence-corrected chi connectivity index (χ0v) is 18.9. The highest BCUT2D eigenvalue weighted by Gasteiger charge is 2.21. The summed E-state index contributed by atoms with van der Waals surface area (Å²) in [5.41, 5.74) is 2.82. The molecule has 0 bridgehead atoms. The Kier molecular flexibility index (Phi) is 8.24. The van der Waals surface area contributed by atoms with Crippen molar-refractivity contribution < 1.29 is 14.3 Å². The number of methoxy groups -OCH3 is 1. The Bertz CT molecular complexity index is 990. The summed E-state index contributed by atoms with van der Waals surface area (Å²) in [7, 11) is 1.60. The van der Waals surface area contributed by atoms with Crippen LogP contribution in [0.2, 0.25) is 0 Å². The molecule has 0 fully saturated rings. The van der Waals surface area contributed by atoms with Gasteiger partial charge in [-0.2, -0.15) is 0 Å². The van der Waals surface area contributed by atoms with Crippen molar-refractivity contribution in [3.63, 3.8) is 0 Å². The van der Waals surface area contributed by atoms with Crippen LogP contribution in [0.5, 0.6) is 5.75 Å². The third-order valence-corrected chi connectivity index (χ3v) is 5.37. The van der Waals surface area contributed by atoms with Crippen LogP contribution in [0, 0.1) is 0 Å². The molecular weight excluding hydrogens is 456 g/mol. The van der Waals surface area contributed by atoms with Gasteiger partial charge in [0.2, 0.25) is 11.8 Å². The molecule has 1 unspecified atom stereocenters. The topological polar surface area (TPSA) is 67.4 Å². The Morgan fingerprint density at radius 2 is 1.52 bits per heavy atom. The van der Waals surface area contributed by atoms with Gasteiger partial charge in [0.05, 0.1) is 13.5 Å². The lowest BCUT2D eigenvalue weighted by Crippen LogP contribution is -2.48. The van der Waals surface area contributed by atoms with Gasteiger partial charge in [-0.15, -0.1) is 0 Å². The van der Waals surface area contributed by atoms with Crippen LogP contribution in [0.15, 0.2) is 83.3 Å². The largest absolute Gasteiger partial charge is 0.497 e. The van der Waals surface area contributed by atoms with Gasteiger partial charge in [-0.05, 0) is 41.0 Å². The summed E-state index contributed by atoms with van der Waals surface area (Å²) in [4.78, 5) is 25.6. The molecule has 0 aliphatic heterocycles. The summed E-state index contributed by atoms with van der Waals surface area (Å²) in [6.07, 6.45) is 0.592. The van der Waals surface area contributed by atoms with Gasteiger partial charge < -0.3 is 15.4 Å². The average molecular weight is 481 g/mol. The first kappa shape index (κ1) is 22.6. The Balaban J connectivity index is 1.66. The molecule has 31 heavy (non-hydrogen) atoms. The molecule has 0 aliphatic carbocycles. The third kappa shape index (κ3) is 7.26. The molecule has 5 nitrogen and oxygen atoms in total. The zero-order valence-electron chi connectivity index (χ0n) is 17.3. The minimum Gasteiger partial charge on any atom is -0.497 e. The van der Waals surface area contributed by atoms with Crippen molar-refractivity contribution >= 4 is 27.7 Å². The maximum atomic E-state index is 12.9. The smallest absolute Gasteiger partial charge is 0.243 e. The van der Waals surface area contributed by atoms with Gasteiger partial charge in [-0.25, -0.2) is 0 Å². The molecule has 1 atom stereocenters. The summed E-state index contributed by atoms with van der Waals surface area (Å²) in [5, 5.41) is 5.83. The maximum absolute atomic E-state index is 12.9. The quantitative estimate of drug-likeness (QED) is 0.485. The first-order valence-electron chi connectivity index (χ1n) is 10.0. The highest BCUT2D eigenvalue weighted by Crippen LogP contribution is 2.14. The number of halogens is 1. The van der Waals surface area contributed by atoms with E-state index in [-0.39, 0.29) is 18.2 Å². The van der Waals surface area contributed by atoms with Crippen molar-refractivity contribution in [2.45, 2.75) is 25.4 Å². The molecule has 3 aromatic carbocycles. The molecule has 0 saturated carbocycles. The number of carbonyl (C=O) groups is 2. The molecule has 0 radical (unpaired) electrons. The summed E-state index contributed by atoms with van der Waals surface area (Å²) in [5.74, 6) is 0.314. The lowest BCUT2D eigenvalue weighted by molar-refractivity contribution is -0.128. The van der Waals surface area contributed by atoms with E-state index in [2.05, 4.69) is 26.6 Å². The standard InChI is InChI=1S/C25H25BrN2O3/c1-31-22-13-9-19(10-14-22)16-24(29)28-23(15-18-7-11-21(26)12-8-18)25(30)27-17-20-5-3-2-4-6-20/h2-14,23H,15-17H2,1H3,(H,27,30)(H,28,29). The van der Waals surface area contributed by atoms with Crippen LogP contribution in [0.25, 0.3) is 0 Å². The molecule has 2 N–H and O–H groups in total. The fourth-order valence-electron chi connectivity index (χ4n) is 3.15. The van der Waals surface area contributed by atoms with Gasteiger partial charge in [0, 0.05) is 17.4 Å². The highest BCUT2D eigenvalue weighted by atomic mass is 79.9. The second-order valence-electron chi connectivity index (χ2n) is 7.18. The molecule has 160 valence electrons. The van der Waals surface area contributed by atoms with Crippen molar-refractivity contribution in [1.29, 1.82) is 0 Å². The van der Waals surface area contributed by atoms with Gasteiger partial charge in [0.25, 0.3) is 0 Å². The normalized spacial score (nSPS) is 11.4. The van der Waals surface area contributed by atoms with Crippen molar-refractivity contribution in [2.24, 2.45) is 0 Å². The van der Waals surface area contributed by atoms with Crippen LogP contribution < -0.4 is 15.4 Å². The summed E-state index contributed by atoms with van der Waals surface area (Å²) in [6.45, 7) is 0.408. The zero-order chi connectivity index (χ0) is 22.1. The van der Waals surface area contributed by atoms with Crippen molar-refractivity contribution in [3.8, 4) is 5.75 Å². The van der Waals surface area contributed by atoms with Crippen LogP contribution in [0.1, 0.15) is 16.7 Å². The number of hydrogen-bond donors (Lipinski definition) is 2. The number of hydrogen-bond acceptors (Lipinski definition) is 3. The fourth-order valence-corrected chi connectivity index (χ4v) is 3.41. The van der Waals surface area contributed by atoms with E-state index in [1.165, 1.54) is 0 Å². The number of carbonyl (C=O) groups excluding carboxylic acids is 2. The number of nitrogens with one attached hydrogen (secondary N) is 2. The van der Waals surface area contributed by atoms with E-state index >= 15 is 0 Å². The van der Waals surface area contributed by atoms with Crippen LogP contribution in [-0.2, 0) is 29.0 Å². The Morgan fingerprint density at radius 1 is 0.871 bits per heavy atom. The molecule has 0 spiro atoms. The summed E-state index contributed by atoms with van der Waals surface area (Å²) in [6, 6.07) is 24.1. The van der Waals surface area contributed by atoms with E-state index in [1.807, 2.05) is 78.9 Å². The molecule has 0 aromatic heterocycles. The van der Waals surface area contributed by atoms with Crippen LogP contribution >= 0.6 is 15.9 Å². The highest BCUT2D eigenvalue weighted by molar-refractivity contribution is 9.10. The maximum Gasteiger partial charge on any atom is 0.243 e. The second-order valence-corrected chi connectivity index (χ2v) is 8.09. The van der Waals surface area contributed by atoms with Gasteiger partial charge in [-0.3, -0.25) is 9.59 Å². The van der Waals surface area contributed by atoms with Crippen molar-refractivity contribution in [1.82, 2.24) is 10.6 Å². The molecule has 0 aliphatic rings. The monoisotopic (exact) mass is 480 g/mol. The number of benzene rings is 3. The fraction of sp³-hybridized carbons (Fsp3) is 0.200. The molecular formula is C25H25BrN2O3. The summed E-state index contributed by atoms with van der Waals surface area (Å²) < 4.78 is 6.11. The van der Waals surface area contributed by atoms with E-state index in [9.17, 15) is 9.59 Å². The van der Waals surface area contributed by atoms with Crippen LogP contribution in [0.3, 0.4) is 0 Å². The predicted molar refractivity (Wildman–Crippen MR) is 125 cm³/mol. The van der Waals surface area contributed by atoms with Gasteiger partial charge in [0.15, 0.2) is 0 Å². The number of rotatable bonds is 9. The lowest BCUT2D eigenvalue weighted by atomic mass is 10.0. The minimum absolute atomic E-state index is 0.187. The van der Waals surface area contributed by atoms with Gasteiger partial charge in [-0.1, -0.05) is 70.5 Å². The van der Waals surface area contributed by atoms with E-state index < -0.39 is 6.04 Å². The lowest BCUT2D eigenvalue weighted by Gasteiger charge is -2.19. The first-order chi connectivity index (χ1) is 15.0. The summed E-state index contributed by atoms with van der Waals surface area (Å²) >= 11 is 3.42. The van der Waals surface area contributed by atoms with Crippen molar-refractivity contribution in [3.05, 3.63) is 100 Å². The van der Waals surface area contributed by atoms with Crippen LogP contribution in [-0.4, -0.2) is 25.0 Å². The van der Waals surface area contributed by atoms with E-state index in [4.69, 9.17) is 4.74 Å². The van der Waals surface area contributed by atoms with E-state index in [0.29, 0.717) is 13.0 Å². The molecule has 0 saturated heterocycles. The molecule has 0 heterocycles. The SMILES string of the molecule is COc1ccc(CC(=O)NC(Cc2ccc(Br)cc2)C(=O)NCc2ccccc2)cc1. The van der Waals surface area contributed by atoms with Gasteiger partial charge in [0.1, 0.15) is 11.8 Å². The second kappa shape index (κ2) is 11.3. The van der Waals surface area contributed by atoms with E-state index in [0.717, 1.165) is 26.9 Å².